The average Bonchev–Trinajstić information content (AvgIpc) is 2.73. The van der Waals surface area contributed by atoms with Gasteiger partial charge in [-0.1, -0.05) is 25.1 Å². The summed E-state index contributed by atoms with van der Waals surface area (Å²) in [4.78, 5) is 25.7. The Morgan fingerprint density at radius 2 is 2.10 bits per heavy atom. The summed E-state index contributed by atoms with van der Waals surface area (Å²) in [5, 5.41) is 12.4. The van der Waals surface area contributed by atoms with Crippen molar-refractivity contribution >= 4 is 38.7 Å². The van der Waals surface area contributed by atoms with E-state index < -0.39 is 5.97 Å². The van der Waals surface area contributed by atoms with Crippen LogP contribution in [0, 0.1) is 5.92 Å². The summed E-state index contributed by atoms with van der Waals surface area (Å²) >= 11 is 3.41. The van der Waals surface area contributed by atoms with Gasteiger partial charge in [0.25, 0.3) is 5.91 Å². The van der Waals surface area contributed by atoms with E-state index in [1.54, 1.807) is 6.92 Å². The molecule has 0 radical (unpaired) electrons. The highest BCUT2D eigenvalue weighted by molar-refractivity contribution is 9.10. The third-order valence-electron chi connectivity index (χ3n) is 3.00. The van der Waals surface area contributed by atoms with Crippen LogP contribution >= 0.6 is 15.9 Å². The maximum atomic E-state index is 12.1. The van der Waals surface area contributed by atoms with E-state index in [1.165, 1.54) is 0 Å². The van der Waals surface area contributed by atoms with E-state index in [0.29, 0.717) is 12.2 Å². The largest absolute Gasteiger partial charge is 0.481 e. The SMILES string of the molecule is CC(CNC(=O)c1[nH]c2ccccc2c1Br)CC(=O)O. The van der Waals surface area contributed by atoms with Gasteiger partial charge in [-0.2, -0.15) is 0 Å². The number of benzene rings is 1. The van der Waals surface area contributed by atoms with Crippen molar-refractivity contribution in [2.75, 3.05) is 6.54 Å². The lowest BCUT2D eigenvalue weighted by molar-refractivity contribution is -0.137. The maximum absolute atomic E-state index is 12.1. The fourth-order valence-electron chi connectivity index (χ4n) is 1.99. The van der Waals surface area contributed by atoms with Gasteiger partial charge in [-0.15, -0.1) is 0 Å². The Labute approximate surface area is 124 Å². The molecule has 20 heavy (non-hydrogen) atoms. The van der Waals surface area contributed by atoms with Gasteiger partial charge in [0, 0.05) is 23.9 Å². The van der Waals surface area contributed by atoms with Crippen molar-refractivity contribution in [1.29, 1.82) is 0 Å². The van der Waals surface area contributed by atoms with Gasteiger partial charge in [0.1, 0.15) is 5.69 Å². The van der Waals surface area contributed by atoms with Gasteiger partial charge in [0.05, 0.1) is 4.47 Å². The number of rotatable bonds is 5. The standard InChI is InChI=1S/C14H15BrN2O3/c1-8(6-11(18)19)7-16-14(20)13-12(15)9-4-2-3-5-10(9)17-13/h2-5,8,17H,6-7H2,1H3,(H,16,20)(H,18,19). The van der Waals surface area contributed by atoms with Gasteiger partial charge in [-0.3, -0.25) is 9.59 Å². The summed E-state index contributed by atoms with van der Waals surface area (Å²) in [6.07, 6.45) is 0.0359. The smallest absolute Gasteiger partial charge is 0.303 e. The normalized spacial score (nSPS) is 12.3. The Morgan fingerprint density at radius 1 is 1.40 bits per heavy atom. The lowest BCUT2D eigenvalue weighted by Crippen LogP contribution is -2.29. The zero-order valence-electron chi connectivity index (χ0n) is 10.9. The number of H-pyrrole nitrogens is 1. The van der Waals surface area contributed by atoms with E-state index in [1.807, 2.05) is 24.3 Å². The van der Waals surface area contributed by atoms with Gasteiger partial charge < -0.3 is 15.4 Å². The predicted molar refractivity (Wildman–Crippen MR) is 79.7 cm³/mol. The van der Waals surface area contributed by atoms with Gasteiger partial charge in [-0.25, -0.2) is 0 Å². The molecule has 1 aromatic heterocycles. The summed E-state index contributed by atoms with van der Waals surface area (Å²) in [6, 6.07) is 7.60. The summed E-state index contributed by atoms with van der Waals surface area (Å²) in [5.74, 6) is -1.22. The topological polar surface area (TPSA) is 82.2 Å². The van der Waals surface area contributed by atoms with Crippen LogP contribution in [0.15, 0.2) is 28.7 Å². The summed E-state index contributed by atoms with van der Waals surface area (Å²) in [5.41, 5.74) is 1.33. The molecule has 0 aliphatic heterocycles. The van der Waals surface area contributed by atoms with Crippen LogP contribution in [0.2, 0.25) is 0 Å². The molecule has 0 saturated heterocycles. The third kappa shape index (κ3) is 3.19. The highest BCUT2D eigenvalue weighted by Gasteiger charge is 2.16. The van der Waals surface area contributed by atoms with Crippen LogP contribution < -0.4 is 5.32 Å². The molecule has 1 heterocycles. The summed E-state index contributed by atoms with van der Waals surface area (Å²) in [6.45, 7) is 2.11. The molecule has 5 nitrogen and oxygen atoms in total. The Balaban J connectivity index is 2.08. The van der Waals surface area contributed by atoms with Gasteiger partial charge in [0.2, 0.25) is 0 Å². The lowest BCUT2D eigenvalue weighted by atomic mass is 10.1. The van der Waals surface area contributed by atoms with Crippen molar-refractivity contribution in [2.45, 2.75) is 13.3 Å². The lowest BCUT2D eigenvalue weighted by Gasteiger charge is -2.09. The molecule has 106 valence electrons. The number of aliphatic carboxylic acids is 1. The minimum Gasteiger partial charge on any atom is -0.481 e. The molecule has 2 rings (SSSR count). The number of hydrogen-bond acceptors (Lipinski definition) is 2. The number of carboxylic acid groups (broad SMARTS) is 1. The molecule has 3 N–H and O–H groups in total. The molecule has 0 fully saturated rings. The van der Waals surface area contributed by atoms with E-state index in [2.05, 4.69) is 26.2 Å². The first kappa shape index (κ1) is 14.6. The first-order chi connectivity index (χ1) is 9.49. The quantitative estimate of drug-likeness (QED) is 0.783. The van der Waals surface area contributed by atoms with Crippen LogP contribution in [-0.2, 0) is 4.79 Å². The second kappa shape index (κ2) is 6.09. The number of amides is 1. The summed E-state index contributed by atoms with van der Waals surface area (Å²) < 4.78 is 0.719. The zero-order chi connectivity index (χ0) is 14.7. The monoisotopic (exact) mass is 338 g/mol. The van der Waals surface area contributed by atoms with Crippen molar-refractivity contribution in [3.8, 4) is 0 Å². The number of para-hydroxylation sites is 1. The Kier molecular flexibility index (Phi) is 4.44. The van der Waals surface area contributed by atoms with Crippen molar-refractivity contribution in [3.05, 3.63) is 34.4 Å². The van der Waals surface area contributed by atoms with E-state index in [-0.39, 0.29) is 18.2 Å². The average molecular weight is 339 g/mol. The van der Waals surface area contributed by atoms with Crippen LogP contribution in [0.1, 0.15) is 23.8 Å². The fourth-order valence-corrected chi connectivity index (χ4v) is 2.61. The van der Waals surface area contributed by atoms with E-state index >= 15 is 0 Å². The number of carbonyl (C=O) groups is 2. The number of aromatic nitrogens is 1. The van der Waals surface area contributed by atoms with Crippen molar-refractivity contribution in [2.24, 2.45) is 5.92 Å². The molecule has 0 aliphatic carbocycles. The Bertz CT molecular complexity index is 651. The second-order valence-electron chi connectivity index (χ2n) is 4.77. The van der Waals surface area contributed by atoms with E-state index in [9.17, 15) is 9.59 Å². The zero-order valence-corrected chi connectivity index (χ0v) is 12.5. The molecule has 6 heteroatoms. The molecule has 1 amide bonds. The van der Waals surface area contributed by atoms with Gasteiger partial charge in [-0.05, 0) is 27.9 Å². The first-order valence-electron chi connectivity index (χ1n) is 6.25. The van der Waals surface area contributed by atoms with Gasteiger partial charge in [0.15, 0.2) is 0 Å². The van der Waals surface area contributed by atoms with Crippen molar-refractivity contribution < 1.29 is 14.7 Å². The van der Waals surface area contributed by atoms with Crippen LogP contribution in [0.4, 0.5) is 0 Å². The van der Waals surface area contributed by atoms with Crippen LogP contribution in [0.25, 0.3) is 10.9 Å². The minimum absolute atomic E-state index is 0.0359. The fraction of sp³-hybridized carbons (Fsp3) is 0.286. The van der Waals surface area contributed by atoms with Crippen molar-refractivity contribution in [3.63, 3.8) is 0 Å². The van der Waals surface area contributed by atoms with Crippen molar-refractivity contribution in [1.82, 2.24) is 10.3 Å². The van der Waals surface area contributed by atoms with E-state index in [0.717, 1.165) is 15.4 Å². The predicted octanol–water partition coefficient (Wildman–Crippen LogP) is 2.77. The molecule has 1 unspecified atom stereocenters. The molecular formula is C14H15BrN2O3. The third-order valence-corrected chi connectivity index (χ3v) is 3.83. The Hall–Kier alpha value is -1.82. The molecule has 1 atom stereocenters. The molecular weight excluding hydrogens is 324 g/mol. The highest BCUT2D eigenvalue weighted by atomic mass is 79.9. The number of hydrogen-bond donors (Lipinski definition) is 3. The Morgan fingerprint density at radius 3 is 2.75 bits per heavy atom. The number of carbonyl (C=O) groups excluding carboxylic acids is 1. The molecule has 0 saturated carbocycles. The number of halogens is 1. The van der Waals surface area contributed by atoms with Crippen LogP contribution in [0.3, 0.4) is 0 Å². The second-order valence-corrected chi connectivity index (χ2v) is 5.57. The highest BCUT2D eigenvalue weighted by Crippen LogP contribution is 2.27. The molecule has 0 bridgehead atoms. The van der Waals surface area contributed by atoms with Crippen LogP contribution in [-0.4, -0.2) is 28.5 Å². The number of aromatic amines is 1. The first-order valence-corrected chi connectivity index (χ1v) is 7.04. The molecule has 2 aromatic rings. The maximum Gasteiger partial charge on any atom is 0.303 e. The minimum atomic E-state index is -0.862. The molecule has 0 aliphatic rings. The summed E-state index contributed by atoms with van der Waals surface area (Å²) in [7, 11) is 0. The molecule has 1 aromatic carbocycles. The van der Waals surface area contributed by atoms with E-state index in [4.69, 9.17) is 5.11 Å². The number of nitrogens with one attached hydrogen (secondary N) is 2. The van der Waals surface area contributed by atoms with Crippen LogP contribution in [0.5, 0.6) is 0 Å². The molecule has 0 spiro atoms. The van der Waals surface area contributed by atoms with Gasteiger partial charge >= 0.3 is 5.97 Å². The number of carboxylic acids is 1. The number of fused-ring (bicyclic) bond motifs is 1.